The van der Waals surface area contributed by atoms with Gasteiger partial charge in [-0.25, -0.2) is 0 Å². The average Bonchev–Trinajstić information content (AvgIpc) is 3.04. The van der Waals surface area contributed by atoms with E-state index in [1.165, 1.54) is 0 Å². The molecule has 2 aliphatic rings. The van der Waals surface area contributed by atoms with E-state index >= 15 is 0 Å². The van der Waals surface area contributed by atoms with Crippen LogP contribution in [-0.4, -0.2) is 52.6 Å². The fraction of sp³-hybridized carbons (Fsp3) is 0.471. The monoisotopic (exact) mass is 327 g/mol. The van der Waals surface area contributed by atoms with Gasteiger partial charge >= 0.3 is 0 Å². The van der Waals surface area contributed by atoms with Crippen LogP contribution in [-0.2, 0) is 4.79 Å². The predicted molar refractivity (Wildman–Crippen MR) is 89.3 cm³/mol. The van der Waals surface area contributed by atoms with E-state index in [9.17, 15) is 9.59 Å². The van der Waals surface area contributed by atoms with Crippen molar-refractivity contribution in [2.75, 3.05) is 19.6 Å². The molecule has 4 N–H and O–H groups in total. The third-order valence-corrected chi connectivity index (χ3v) is 5.51. The van der Waals surface area contributed by atoms with Crippen LogP contribution in [0.25, 0.3) is 10.9 Å². The van der Waals surface area contributed by atoms with Crippen LogP contribution in [0.4, 0.5) is 0 Å². The van der Waals surface area contributed by atoms with Crippen LogP contribution >= 0.6 is 0 Å². The topological polar surface area (TPSA) is 104 Å². The molecule has 1 atom stereocenters. The van der Waals surface area contributed by atoms with Gasteiger partial charge < -0.3 is 16.0 Å². The number of likely N-dealkylation sites (tertiary alicyclic amines) is 1. The number of carbonyl (C=O) groups excluding carboxylic acids is 2. The Hall–Kier alpha value is -2.41. The molecule has 7 heteroatoms. The number of nitrogens with one attached hydrogen (secondary N) is 2. The SMILES string of the molecule is NCC(=O)N1CCC2(CC1)CC2NC(=O)c1cccc2[nH]ncc12. The molecule has 1 aromatic heterocycles. The zero-order valence-corrected chi connectivity index (χ0v) is 13.4. The van der Waals surface area contributed by atoms with Gasteiger partial charge in [-0.1, -0.05) is 6.07 Å². The zero-order chi connectivity index (χ0) is 16.7. The molecule has 7 nitrogen and oxygen atoms in total. The molecule has 1 aliphatic carbocycles. The highest BCUT2D eigenvalue weighted by atomic mass is 16.2. The third kappa shape index (κ3) is 2.45. The Labute approximate surface area is 139 Å². The summed E-state index contributed by atoms with van der Waals surface area (Å²) in [6.45, 7) is 1.54. The Morgan fingerprint density at radius 1 is 1.38 bits per heavy atom. The molecular formula is C17H21N5O2. The van der Waals surface area contributed by atoms with E-state index in [0.717, 1.165) is 43.3 Å². The maximum Gasteiger partial charge on any atom is 0.252 e. The second kappa shape index (κ2) is 5.59. The molecule has 2 amide bonds. The molecule has 1 aliphatic heterocycles. The minimum absolute atomic E-state index is 0.0118. The highest BCUT2D eigenvalue weighted by molar-refractivity contribution is 6.06. The number of rotatable bonds is 3. The summed E-state index contributed by atoms with van der Waals surface area (Å²) < 4.78 is 0. The van der Waals surface area contributed by atoms with Gasteiger partial charge in [0.2, 0.25) is 5.91 Å². The number of aromatic nitrogens is 2. The third-order valence-electron chi connectivity index (χ3n) is 5.51. The summed E-state index contributed by atoms with van der Waals surface area (Å²) in [4.78, 5) is 26.1. The van der Waals surface area contributed by atoms with Crippen LogP contribution < -0.4 is 11.1 Å². The molecule has 2 fully saturated rings. The zero-order valence-electron chi connectivity index (χ0n) is 13.4. The maximum atomic E-state index is 12.6. The second-order valence-electron chi connectivity index (χ2n) is 6.81. The number of benzene rings is 1. The van der Waals surface area contributed by atoms with E-state index in [-0.39, 0.29) is 29.8 Å². The number of nitrogens with zero attached hydrogens (tertiary/aromatic N) is 2. The van der Waals surface area contributed by atoms with Crippen molar-refractivity contribution in [2.24, 2.45) is 11.1 Å². The molecule has 2 heterocycles. The summed E-state index contributed by atoms with van der Waals surface area (Å²) in [6, 6.07) is 5.78. The van der Waals surface area contributed by atoms with Crippen LogP contribution in [0, 0.1) is 5.41 Å². The molecule has 0 bridgehead atoms. The number of piperidine rings is 1. The maximum absolute atomic E-state index is 12.6. The number of aromatic amines is 1. The smallest absolute Gasteiger partial charge is 0.252 e. The summed E-state index contributed by atoms with van der Waals surface area (Å²) in [6.07, 6.45) is 4.54. The number of H-pyrrole nitrogens is 1. The minimum Gasteiger partial charge on any atom is -0.349 e. The Bertz CT molecular complexity index is 791. The second-order valence-corrected chi connectivity index (χ2v) is 6.81. The van der Waals surface area contributed by atoms with Crippen molar-refractivity contribution in [2.45, 2.75) is 25.3 Å². The Morgan fingerprint density at radius 2 is 2.17 bits per heavy atom. The van der Waals surface area contributed by atoms with Gasteiger partial charge in [0.05, 0.1) is 23.8 Å². The number of nitrogens with two attached hydrogens (primary N) is 1. The van der Waals surface area contributed by atoms with Gasteiger partial charge in [0.25, 0.3) is 5.91 Å². The Morgan fingerprint density at radius 3 is 2.92 bits per heavy atom. The molecule has 1 spiro atoms. The standard InChI is InChI=1S/C17H21N5O2/c18-9-15(23)22-6-4-17(5-7-22)8-14(17)20-16(24)11-2-1-3-13-12(11)10-19-21-13/h1-3,10,14H,4-9,18H2,(H,19,21)(H,20,24). The highest BCUT2D eigenvalue weighted by Crippen LogP contribution is 2.54. The van der Waals surface area contributed by atoms with Crippen molar-refractivity contribution in [3.05, 3.63) is 30.0 Å². The Balaban J connectivity index is 1.40. The van der Waals surface area contributed by atoms with E-state index in [4.69, 9.17) is 5.73 Å². The van der Waals surface area contributed by atoms with E-state index in [0.29, 0.717) is 5.56 Å². The van der Waals surface area contributed by atoms with Gasteiger partial charge in [0.1, 0.15) is 0 Å². The molecule has 1 aromatic carbocycles. The minimum atomic E-state index is -0.0515. The molecule has 4 rings (SSSR count). The lowest BCUT2D eigenvalue weighted by Crippen LogP contribution is -2.44. The molecule has 126 valence electrons. The number of hydrogen-bond acceptors (Lipinski definition) is 4. The van der Waals surface area contributed by atoms with Crippen molar-refractivity contribution in [1.82, 2.24) is 20.4 Å². The molecular weight excluding hydrogens is 306 g/mol. The van der Waals surface area contributed by atoms with E-state index in [1.807, 2.05) is 23.1 Å². The lowest BCUT2D eigenvalue weighted by molar-refractivity contribution is -0.131. The van der Waals surface area contributed by atoms with Crippen LogP contribution in [0.3, 0.4) is 0 Å². The van der Waals surface area contributed by atoms with Crippen LogP contribution in [0.15, 0.2) is 24.4 Å². The van der Waals surface area contributed by atoms with Crippen molar-refractivity contribution in [3.8, 4) is 0 Å². The number of amides is 2. The van der Waals surface area contributed by atoms with Crippen molar-refractivity contribution < 1.29 is 9.59 Å². The first-order valence-electron chi connectivity index (χ1n) is 8.34. The molecule has 1 saturated carbocycles. The molecule has 2 aromatic rings. The summed E-state index contributed by atoms with van der Waals surface area (Å²) in [5.41, 5.74) is 7.10. The summed E-state index contributed by atoms with van der Waals surface area (Å²) in [7, 11) is 0. The van der Waals surface area contributed by atoms with E-state index < -0.39 is 0 Å². The van der Waals surface area contributed by atoms with E-state index in [1.54, 1.807) is 6.20 Å². The first-order valence-corrected chi connectivity index (χ1v) is 8.34. The first-order chi connectivity index (χ1) is 11.6. The van der Waals surface area contributed by atoms with Crippen molar-refractivity contribution in [3.63, 3.8) is 0 Å². The van der Waals surface area contributed by atoms with Gasteiger partial charge in [0, 0.05) is 24.5 Å². The molecule has 1 saturated heterocycles. The van der Waals surface area contributed by atoms with Gasteiger partial charge in [-0.15, -0.1) is 0 Å². The van der Waals surface area contributed by atoms with Gasteiger partial charge in [0.15, 0.2) is 0 Å². The number of fused-ring (bicyclic) bond motifs is 1. The summed E-state index contributed by atoms with van der Waals surface area (Å²) in [5.74, 6) is -0.0398. The van der Waals surface area contributed by atoms with Crippen molar-refractivity contribution in [1.29, 1.82) is 0 Å². The van der Waals surface area contributed by atoms with Gasteiger partial charge in [-0.05, 0) is 36.8 Å². The number of carbonyl (C=O) groups is 2. The van der Waals surface area contributed by atoms with Crippen LogP contribution in [0.1, 0.15) is 29.6 Å². The van der Waals surface area contributed by atoms with Gasteiger partial charge in [-0.3, -0.25) is 14.7 Å². The molecule has 1 unspecified atom stereocenters. The summed E-state index contributed by atoms with van der Waals surface area (Å²) >= 11 is 0. The highest BCUT2D eigenvalue weighted by Gasteiger charge is 2.55. The lowest BCUT2D eigenvalue weighted by Gasteiger charge is -2.32. The summed E-state index contributed by atoms with van der Waals surface area (Å²) in [5, 5.41) is 10.9. The first kappa shape index (κ1) is 15.1. The quantitative estimate of drug-likeness (QED) is 0.769. The Kier molecular flexibility index (Phi) is 3.53. The number of hydrogen-bond donors (Lipinski definition) is 3. The predicted octanol–water partition coefficient (Wildman–Crippen LogP) is 0.633. The normalized spacial score (nSPS) is 21.9. The average molecular weight is 327 g/mol. The van der Waals surface area contributed by atoms with Gasteiger partial charge in [-0.2, -0.15) is 5.10 Å². The molecule has 24 heavy (non-hydrogen) atoms. The largest absolute Gasteiger partial charge is 0.349 e. The fourth-order valence-corrected chi connectivity index (χ4v) is 3.84. The van der Waals surface area contributed by atoms with E-state index in [2.05, 4.69) is 15.5 Å². The van der Waals surface area contributed by atoms with Crippen molar-refractivity contribution >= 4 is 22.7 Å². The van der Waals surface area contributed by atoms with Crippen LogP contribution in [0.5, 0.6) is 0 Å². The fourth-order valence-electron chi connectivity index (χ4n) is 3.84. The van der Waals surface area contributed by atoms with Crippen LogP contribution in [0.2, 0.25) is 0 Å². The lowest BCUT2D eigenvalue weighted by atomic mass is 9.92. The molecule has 0 radical (unpaired) electrons.